The Labute approximate surface area is 171 Å². The minimum Gasteiger partial charge on any atom is -0.390 e. The molecule has 4 rings (SSSR count). The normalized spacial score (nSPS) is 32.9. The Morgan fingerprint density at radius 1 is 1.11 bits per heavy atom. The number of aliphatic hydroxyl groups excluding tert-OH is 2. The van der Waals surface area contributed by atoms with Crippen molar-refractivity contribution in [3.8, 4) is 0 Å². The van der Waals surface area contributed by atoms with E-state index in [4.69, 9.17) is 12.2 Å². The number of aryl methyl sites for hydroxylation is 2. The lowest BCUT2D eigenvalue weighted by atomic mass is 9.76. The number of benzene rings is 1. The zero-order valence-corrected chi connectivity index (χ0v) is 17.3. The first-order valence-electron chi connectivity index (χ1n) is 10.2. The zero-order valence-electron chi connectivity index (χ0n) is 16.5. The van der Waals surface area contributed by atoms with Crippen molar-refractivity contribution >= 4 is 28.9 Å². The number of amides is 1. The number of rotatable bonds is 2. The molecule has 2 aliphatic heterocycles. The predicted octanol–water partition coefficient (Wildman–Crippen LogP) is 1.49. The van der Waals surface area contributed by atoms with Gasteiger partial charge in [0.25, 0.3) is 0 Å². The molecular formula is C21H29N3O3S. The summed E-state index contributed by atoms with van der Waals surface area (Å²) in [5.74, 6) is -0.336. The summed E-state index contributed by atoms with van der Waals surface area (Å²) in [5.41, 5.74) is 3.18. The second-order valence-corrected chi connectivity index (χ2v) is 8.85. The van der Waals surface area contributed by atoms with Crippen LogP contribution in [0.15, 0.2) is 18.2 Å². The van der Waals surface area contributed by atoms with E-state index in [9.17, 15) is 15.0 Å². The molecule has 1 aliphatic carbocycles. The van der Waals surface area contributed by atoms with Gasteiger partial charge in [0.1, 0.15) is 6.10 Å². The predicted molar refractivity (Wildman–Crippen MR) is 112 cm³/mol. The molecule has 0 spiro atoms. The molecule has 0 aromatic heterocycles. The molecule has 5 atom stereocenters. The summed E-state index contributed by atoms with van der Waals surface area (Å²) in [6.07, 6.45) is 1.56. The molecular weight excluding hydrogens is 374 g/mol. The average Bonchev–Trinajstić information content (AvgIpc) is 3.01. The van der Waals surface area contributed by atoms with Crippen molar-refractivity contribution in [1.29, 1.82) is 0 Å². The lowest BCUT2D eigenvalue weighted by Crippen LogP contribution is -2.61. The highest BCUT2D eigenvalue weighted by molar-refractivity contribution is 7.80. The molecule has 1 saturated carbocycles. The van der Waals surface area contributed by atoms with Crippen molar-refractivity contribution in [2.75, 3.05) is 18.0 Å². The van der Waals surface area contributed by atoms with Crippen molar-refractivity contribution < 1.29 is 15.0 Å². The zero-order chi connectivity index (χ0) is 20.0. The van der Waals surface area contributed by atoms with Gasteiger partial charge in [-0.05, 0) is 75.0 Å². The maximum Gasteiger partial charge on any atom is 0.227 e. The molecule has 1 aromatic carbocycles. The van der Waals surface area contributed by atoms with E-state index >= 15 is 0 Å². The molecule has 7 heteroatoms. The summed E-state index contributed by atoms with van der Waals surface area (Å²) in [5, 5.41) is 24.8. The number of hydrogen-bond acceptors (Lipinski definition) is 4. The number of carbonyl (C=O) groups excluding carboxylic acids is 1. The highest BCUT2D eigenvalue weighted by Crippen LogP contribution is 2.38. The van der Waals surface area contributed by atoms with Gasteiger partial charge >= 0.3 is 0 Å². The smallest absolute Gasteiger partial charge is 0.227 e. The van der Waals surface area contributed by atoms with Gasteiger partial charge in [0.2, 0.25) is 5.91 Å². The molecule has 3 N–H and O–H groups in total. The van der Waals surface area contributed by atoms with Gasteiger partial charge in [0.05, 0.1) is 24.1 Å². The lowest BCUT2D eigenvalue weighted by molar-refractivity contribution is -0.142. The number of likely N-dealkylation sites (tertiary alicyclic amines) is 1. The van der Waals surface area contributed by atoms with E-state index in [1.807, 2.05) is 23.6 Å². The molecule has 6 nitrogen and oxygen atoms in total. The maximum absolute atomic E-state index is 13.4. The van der Waals surface area contributed by atoms with Crippen LogP contribution in [0.5, 0.6) is 0 Å². The summed E-state index contributed by atoms with van der Waals surface area (Å²) in [4.78, 5) is 17.3. The summed E-state index contributed by atoms with van der Waals surface area (Å²) < 4.78 is 0. The van der Waals surface area contributed by atoms with Crippen molar-refractivity contribution in [2.24, 2.45) is 5.92 Å². The summed E-state index contributed by atoms with van der Waals surface area (Å²) >= 11 is 5.61. The van der Waals surface area contributed by atoms with Gasteiger partial charge in [-0.3, -0.25) is 4.79 Å². The number of aliphatic hydroxyl groups is 2. The minimum absolute atomic E-state index is 0.0709. The molecule has 28 heavy (non-hydrogen) atoms. The minimum atomic E-state index is -0.954. The molecule has 5 unspecified atom stereocenters. The van der Waals surface area contributed by atoms with Gasteiger partial charge in [-0.25, -0.2) is 0 Å². The second-order valence-electron chi connectivity index (χ2n) is 8.47. The van der Waals surface area contributed by atoms with Gasteiger partial charge in [0.15, 0.2) is 5.11 Å². The fraction of sp³-hybridized carbons (Fsp3) is 0.619. The third kappa shape index (κ3) is 3.40. The van der Waals surface area contributed by atoms with Crippen LogP contribution in [0.3, 0.4) is 0 Å². The van der Waals surface area contributed by atoms with Crippen LogP contribution >= 0.6 is 12.2 Å². The number of nitrogens with zero attached hydrogens (tertiary/aromatic N) is 2. The standard InChI is InChI=1S/C21H29N3O3S/c1-12-8-13(2)10-14(9-12)24-18-15(20(27)23-6-4-3-5-7-23)11-16(25)19(26)17(18)22-21(24)28/h8-10,15-19,25-26H,3-7,11H2,1-2H3,(H,22,28). The molecule has 152 valence electrons. The van der Waals surface area contributed by atoms with E-state index < -0.39 is 24.2 Å². The van der Waals surface area contributed by atoms with Crippen molar-refractivity contribution in [3.63, 3.8) is 0 Å². The number of piperidine rings is 1. The number of thiocarbonyl (C=S) groups is 1. The van der Waals surface area contributed by atoms with Gasteiger partial charge in [-0.1, -0.05) is 6.07 Å². The topological polar surface area (TPSA) is 76.0 Å². The van der Waals surface area contributed by atoms with Crippen LogP contribution in [0.25, 0.3) is 0 Å². The Balaban J connectivity index is 1.71. The van der Waals surface area contributed by atoms with Crippen molar-refractivity contribution in [2.45, 2.75) is 63.8 Å². The molecule has 2 heterocycles. The van der Waals surface area contributed by atoms with Crippen LogP contribution in [0.4, 0.5) is 5.69 Å². The highest BCUT2D eigenvalue weighted by atomic mass is 32.1. The Hall–Kier alpha value is -1.70. The Morgan fingerprint density at radius 2 is 1.75 bits per heavy atom. The molecule has 2 saturated heterocycles. The molecule has 1 aromatic rings. The Morgan fingerprint density at radius 3 is 2.39 bits per heavy atom. The van der Waals surface area contributed by atoms with Crippen molar-refractivity contribution in [3.05, 3.63) is 29.3 Å². The summed E-state index contributed by atoms with van der Waals surface area (Å²) in [7, 11) is 0. The first-order chi connectivity index (χ1) is 13.4. The van der Waals surface area contributed by atoms with Crippen LogP contribution in [-0.2, 0) is 4.79 Å². The summed E-state index contributed by atoms with van der Waals surface area (Å²) in [6, 6.07) is 5.45. The third-order valence-corrected chi connectivity index (χ3v) is 6.63. The van der Waals surface area contributed by atoms with E-state index in [0.29, 0.717) is 5.11 Å². The van der Waals surface area contributed by atoms with Crippen molar-refractivity contribution in [1.82, 2.24) is 10.2 Å². The molecule has 1 amide bonds. The number of nitrogens with one attached hydrogen (secondary N) is 1. The van der Waals surface area contributed by atoms with Crippen LogP contribution in [-0.4, -0.2) is 63.5 Å². The van der Waals surface area contributed by atoms with E-state index in [0.717, 1.165) is 49.2 Å². The average molecular weight is 404 g/mol. The molecule has 0 bridgehead atoms. The van der Waals surface area contributed by atoms with Crippen LogP contribution in [0.2, 0.25) is 0 Å². The van der Waals surface area contributed by atoms with Crippen LogP contribution in [0, 0.1) is 19.8 Å². The maximum atomic E-state index is 13.4. The SMILES string of the molecule is Cc1cc(C)cc(N2C(=S)NC3C(O)C(O)CC(C(=O)N4CCCCC4)C32)c1. The Kier molecular flexibility index (Phi) is 5.33. The molecule has 3 aliphatic rings. The lowest BCUT2D eigenvalue weighted by Gasteiger charge is -2.43. The Bertz CT molecular complexity index is 760. The van der Waals surface area contributed by atoms with E-state index in [-0.39, 0.29) is 18.4 Å². The summed E-state index contributed by atoms with van der Waals surface area (Å²) in [6.45, 7) is 5.62. The van der Waals surface area contributed by atoms with Gasteiger partial charge in [-0.15, -0.1) is 0 Å². The van der Waals surface area contributed by atoms with E-state index in [1.54, 1.807) is 0 Å². The number of carbonyl (C=O) groups is 1. The highest BCUT2D eigenvalue weighted by Gasteiger charge is 2.54. The number of fused-ring (bicyclic) bond motifs is 1. The fourth-order valence-corrected chi connectivity index (χ4v) is 5.43. The number of hydrogen-bond donors (Lipinski definition) is 3. The quantitative estimate of drug-likeness (QED) is 0.650. The van der Waals surface area contributed by atoms with Crippen LogP contribution < -0.4 is 10.2 Å². The first-order valence-corrected chi connectivity index (χ1v) is 10.6. The largest absolute Gasteiger partial charge is 0.390 e. The van der Waals surface area contributed by atoms with E-state index in [2.05, 4.69) is 23.5 Å². The van der Waals surface area contributed by atoms with Gasteiger partial charge in [0, 0.05) is 18.8 Å². The molecule has 0 radical (unpaired) electrons. The van der Waals surface area contributed by atoms with Gasteiger partial charge in [-0.2, -0.15) is 0 Å². The first kappa shape index (κ1) is 19.6. The van der Waals surface area contributed by atoms with Gasteiger partial charge < -0.3 is 25.3 Å². The molecule has 3 fully saturated rings. The fourth-order valence-electron chi connectivity index (χ4n) is 5.06. The number of anilines is 1. The third-order valence-electron chi connectivity index (χ3n) is 6.31. The second kappa shape index (κ2) is 7.61. The van der Waals surface area contributed by atoms with E-state index in [1.165, 1.54) is 0 Å². The van der Waals surface area contributed by atoms with Crippen LogP contribution in [0.1, 0.15) is 36.8 Å². The monoisotopic (exact) mass is 403 g/mol.